The van der Waals surface area contributed by atoms with Gasteiger partial charge in [-0.3, -0.25) is 20.4 Å². The molecule has 2 amide bonds. The number of hydrazine groups is 1. The van der Waals surface area contributed by atoms with Crippen molar-refractivity contribution in [3.63, 3.8) is 0 Å². The smallest absolute Gasteiger partial charge is 0.283 e. The highest BCUT2D eigenvalue weighted by atomic mass is 35.5. The number of benzene rings is 2. The van der Waals surface area contributed by atoms with Crippen LogP contribution in [-0.2, 0) is 4.79 Å². The number of rotatable bonds is 3. The number of carbonyl (C=O) groups excluding carboxylic acids is 2. The molecule has 8 heteroatoms. The standard InChI is InChI=1S/C17H15ClN2O5/c1-23-12-7-6-10(18)8-11(12)16(21)19-20-17(22)15-9-24-13-4-2-3-5-14(13)25-15/h2-8,15H,9H2,1H3,(H,19,21)(H,20,22)/t15-/m0/s1. The van der Waals surface area contributed by atoms with Crippen LogP contribution in [0.3, 0.4) is 0 Å². The molecule has 0 aliphatic carbocycles. The monoisotopic (exact) mass is 362 g/mol. The van der Waals surface area contributed by atoms with Crippen molar-refractivity contribution >= 4 is 23.4 Å². The summed E-state index contributed by atoms with van der Waals surface area (Å²) in [5.41, 5.74) is 4.82. The lowest BCUT2D eigenvalue weighted by atomic mass is 10.2. The van der Waals surface area contributed by atoms with Gasteiger partial charge >= 0.3 is 0 Å². The van der Waals surface area contributed by atoms with Gasteiger partial charge in [-0.05, 0) is 30.3 Å². The number of hydrogen-bond acceptors (Lipinski definition) is 5. The van der Waals surface area contributed by atoms with Crippen LogP contribution in [0.5, 0.6) is 17.2 Å². The molecule has 0 fully saturated rings. The van der Waals surface area contributed by atoms with Crippen LogP contribution < -0.4 is 25.1 Å². The third-order valence-electron chi connectivity index (χ3n) is 3.51. The van der Waals surface area contributed by atoms with Gasteiger partial charge in [0, 0.05) is 5.02 Å². The predicted molar refractivity (Wildman–Crippen MR) is 90.0 cm³/mol. The van der Waals surface area contributed by atoms with E-state index in [1.54, 1.807) is 36.4 Å². The maximum absolute atomic E-state index is 12.2. The van der Waals surface area contributed by atoms with Crippen LogP contribution in [0.4, 0.5) is 0 Å². The van der Waals surface area contributed by atoms with Gasteiger partial charge in [-0.1, -0.05) is 23.7 Å². The van der Waals surface area contributed by atoms with Crippen LogP contribution >= 0.6 is 11.6 Å². The van der Waals surface area contributed by atoms with E-state index in [9.17, 15) is 9.59 Å². The van der Waals surface area contributed by atoms with Gasteiger partial charge in [-0.15, -0.1) is 0 Å². The summed E-state index contributed by atoms with van der Waals surface area (Å²) < 4.78 is 16.1. The van der Waals surface area contributed by atoms with E-state index in [1.165, 1.54) is 13.2 Å². The average molecular weight is 363 g/mol. The van der Waals surface area contributed by atoms with Crippen LogP contribution in [0.2, 0.25) is 5.02 Å². The van der Waals surface area contributed by atoms with Gasteiger partial charge in [0.2, 0.25) is 6.10 Å². The third kappa shape index (κ3) is 3.77. The van der Waals surface area contributed by atoms with Gasteiger partial charge in [-0.2, -0.15) is 0 Å². The zero-order valence-corrected chi connectivity index (χ0v) is 14.0. The lowest BCUT2D eigenvalue weighted by Crippen LogP contribution is -2.50. The molecule has 0 radical (unpaired) electrons. The minimum atomic E-state index is -0.878. The Bertz CT molecular complexity index is 811. The van der Waals surface area contributed by atoms with Crippen molar-refractivity contribution < 1.29 is 23.8 Å². The van der Waals surface area contributed by atoms with Gasteiger partial charge < -0.3 is 14.2 Å². The summed E-state index contributed by atoms with van der Waals surface area (Å²) in [6, 6.07) is 11.6. The van der Waals surface area contributed by atoms with Crippen LogP contribution in [0, 0.1) is 0 Å². The number of methoxy groups -OCH3 is 1. The molecule has 2 aromatic rings. The fourth-order valence-electron chi connectivity index (χ4n) is 2.27. The molecule has 0 bridgehead atoms. The highest BCUT2D eigenvalue weighted by Crippen LogP contribution is 2.30. The zero-order valence-electron chi connectivity index (χ0n) is 13.2. The van der Waals surface area contributed by atoms with E-state index in [4.69, 9.17) is 25.8 Å². The number of amides is 2. The number of nitrogens with one attached hydrogen (secondary N) is 2. The van der Waals surface area contributed by atoms with Crippen molar-refractivity contribution in [3.05, 3.63) is 53.1 Å². The number of fused-ring (bicyclic) bond motifs is 1. The molecule has 0 saturated heterocycles. The minimum Gasteiger partial charge on any atom is -0.496 e. The number of halogens is 1. The summed E-state index contributed by atoms with van der Waals surface area (Å²) in [4.78, 5) is 24.4. The Labute approximate surface area is 148 Å². The summed E-state index contributed by atoms with van der Waals surface area (Å²) in [7, 11) is 1.43. The van der Waals surface area contributed by atoms with Crippen LogP contribution in [0.15, 0.2) is 42.5 Å². The Hall–Kier alpha value is -2.93. The Morgan fingerprint density at radius 3 is 2.68 bits per heavy atom. The van der Waals surface area contributed by atoms with Crippen molar-refractivity contribution in [2.24, 2.45) is 0 Å². The summed E-state index contributed by atoms with van der Waals surface area (Å²) >= 11 is 5.89. The molecule has 1 atom stereocenters. The lowest BCUT2D eigenvalue weighted by Gasteiger charge is -2.25. The van der Waals surface area contributed by atoms with Crippen molar-refractivity contribution in [2.75, 3.05) is 13.7 Å². The van der Waals surface area contributed by atoms with Crippen LogP contribution in [0.1, 0.15) is 10.4 Å². The largest absolute Gasteiger partial charge is 0.496 e. The average Bonchev–Trinajstić information content (AvgIpc) is 2.65. The molecule has 0 saturated carbocycles. The van der Waals surface area contributed by atoms with E-state index >= 15 is 0 Å². The zero-order chi connectivity index (χ0) is 17.8. The molecule has 25 heavy (non-hydrogen) atoms. The SMILES string of the molecule is COc1ccc(Cl)cc1C(=O)NNC(=O)[C@@H]1COc2ccccc2O1. The number of carbonyl (C=O) groups is 2. The van der Waals surface area contributed by atoms with Crippen molar-refractivity contribution in [3.8, 4) is 17.2 Å². The first-order valence-electron chi connectivity index (χ1n) is 7.40. The Kier molecular flexibility index (Phi) is 4.95. The maximum atomic E-state index is 12.2. The van der Waals surface area contributed by atoms with E-state index in [0.717, 1.165) is 0 Å². The first kappa shape index (κ1) is 16.9. The molecule has 1 aliphatic heterocycles. The van der Waals surface area contributed by atoms with E-state index in [2.05, 4.69) is 10.9 Å². The van der Waals surface area contributed by atoms with Crippen molar-refractivity contribution in [2.45, 2.75) is 6.10 Å². The Morgan fingerprint density at radius 2 is 1.92 bits per heavy atom. The molecule has 130 valence electrons. The van der Waals surface area contributed by atoms with Gasteiger partial charge in [0.25, 0.3) is 11.8 Å². The summed E-state index contributed by atoms with van der Waals surface area (Å²) in [6.07, 6.45) is -0.878. The van der Waals surface area contributed by atoms with Gasteiger partial charge in [-0.25, -0.2) is 0 Å². The van der Waals surface area contributed by atoms with Crippen molar-refractivity contribution in [1.29, 1.82) is 0 Å². The molecule has 1 aliphatic rings. The number of para-hydroxylation sites is 2. The summed E-state index contributed by atoms with van der Waals surface area (Å²) in [6.45, 7) is 0.0409. The second kappa shape index (κ2) is 7.31. The molecular formula is C17H15ClN2O5. The Balaban J connectivity index is 1.61. The molecule has 2 aromatic carbocycles. The van der Waals surface area contributed by atoms with Crippen LogP contribution in [0.25, 0.3) is 0 Å². The fourth-order valence-corrected chi connectivity index (χ4v) is 2.44. The molecule has 2 N–H and O–H groups in total. The van der Waals surface area contributed by atoms with Crippen molar-refractivity contribution in [1.82, 2.24) is 10.9 Å². The molecule has 0 aromatic heterocycles. The quantitative estimate of drug-likeness (QED) is 0.815. The number of hydrogen-bond donors (Lipinski definition) is 2. The van der Waals surface area contributed by atoms with Gasteiger partial charge in [0.05, 0.1) is 12.7 Å². The summed E-state index contributed by atoms with van der Waals surface area (Å²) in [5, 5.41) is 0.373. The second-order valence-corrected chi connectivity index (χ2v) is 5.59. The Morgan fingerprint density at radius 1 is 1.16 bits per heavy atom. The van der Waals surface area contributed by atoms with E-state index in [0.29, 0.717) is 22.3 Å². The highest BCUT2D eigenvalue weighted by molar-refractivity contribution is 6.31. The first-order valence-corrected chi connectivity index (χ1v) is 7.78. The van der Waals surface area contributed by atoms with Crippen LogP contribution in [-0.4, -0.2) is 31.6 Å². The highest BCUT2D eigenvalue weighted by Gasteiger charge is 2.27. The van der Waals surface area contributed by atoms with E-state index in [-0.39, 0.29) is 12.2 Å². The third-order valence-corrected chi connectivity index (χ3v) is 3.74. The normalized spacial score (nSPS) is 15.2. The van der Waals surface area contributed by atoms with Gasteiger partial charge in [0.1, 0.15) is 12.4 Å². The topological polar surface area (TPSA) is 85.9 Å². The number of ether oxygens (including phenoxy) is 3. The lowest BCUT2D eigenvalue weighted by molar-refractivity contribution is -0.131. The molecule has 7 nitrogen and oxygen atoms in total. The fraction of sp³-hybridized carbons (Fsp3) is 0.176. The molecule has 3 rings (SSSR count). The molecular weight excluding hydrogens is 348 g/mol. The predicted octanol–water partition coefficient (Wildman–Crippen LogP) is 1.95. The summed E-state index contributed by atoms with van der Waals surface area (Å²) in [5.74, 6) is 0.270. The maximum Gasteiger partial charge on any atom is 0.283 e. The first-order chi connectivity index (χ1) is 12.1. The minimum absolute atomic E-state index is 0.0409. The second-order valence-electron chi connectivity index (χ2n) is 5.15. The van der Waals surface area contributed by atoms with E-state index in [1.807, 2.05) is 0 Å². The molecule has 0 unspecified atom stereocenters. The van der Waals surface area contributed by atoms with E-state index < -0.39 is 17.9 Å². The molecule has 0 spiro atoms. The van der Waals surface area contributed by atoms with Gasteiger partial charge in [0.15, 0.2) is 11.5 Å². The molecule has 1 heterocycles.